The third-order valence-corrected chi connectivity index (χ3v) is 3.23. The van der Waals surface area contributed by atoms with Gasteiger partial charge in [-0.25, -0.2) is 4.79 Å². The molecule has 0 saturated carbocycles. The van der Waals surface area contributed by atoms with Crippen molar-refractivity contribution in [2.24, 2.45) is 11.8 Å². The molecule has 0 bridgehead atoms. The summed E-state index contributed by atoms with van der Waals surface area (Å²) in [7, 11) is 1.35. The van der Waals surface area contributed by atoms with Crippen LogP contribution in [-0.4, -0.2) is 30.9 Å². The first-order valence-electron chi connectivity index (χ1n) is 5.30. The zero-order chi connectivity index (χ0) is 11.7. The molecule has 2 aliphatic heterocycles. The Kier molecular flexibility index (Phi) is 2.73. The van der Waals surface area contributed by atoms with Gasteiger partial charge in [-0.3, -0.25) is 4.90 Å². The van der Waals surface area contributed by atoms with E-state index in [0.717, 1.165) is 6.42 Å². The summed E-state index contributed by atoms with van der Waals surface area (Å²) in [6.07, 6.45) is 1.97. The SMILES string of the molecule is COC(=O)N1CC[C@@H]2[C@H](C)C=C(C#N)O[C@@H]21. The summed E-state index contributed by atoms with van der Waals surface area (Å²) in [5, 5.41) is 8.83. The molecule has 2 aliphatic rings. The van der Waals surface area contributed by atoms with Gasteiger partial charge in [0, 0.05) is 12.5 Å². The third kappa shape index (κ3) is 1.60. The lowest BCUT2D eigenvalue weighted by Crippen LogP contribution is -2.42. The molecule has 0 spiro atoms. The van der Waals surface area contributed by atoms with Crippen molar-refractivity contribution in [3.8, 4) is 6.07 Å². The van der Waals surface area contributed by atoms with E-state index in [1.54, 1.807) is 4.90 Å². The number of nitrogens with zero attached hydrogens (tertiary/aromatic N) is 2. The van der Waals surface area contributed by atoms with Crippen LogP contribution in [-0.2, 0) is 9.47 Å². The minimum Gasteiger partial charge on any atom is -0.460 e. The fourth-order valence-electron chi connectivity index (χ4n) is 2.37. The van der Waals surface area contributed by atoms with E-state index in [-0.39, 0.29) is 24.2 Å². The molecule has 3 atom stereocenters. The maximum atomic E-state index is 11.5. The molecule has 86 valence electrons. The highest BCUT2D eigenvalue weighted by atomic mass is 16.6. The van der Waals surface area contributed by atoms with Gasteiger partial charge in [0.15, 0.2) is 12.0 Å². The highest BCUT2D eigenvalue weighted by molar-refractivity contribution is 5.68. The fourth-order valence-corrected chi connectivity index (χ4v) is 2.37. The molecule has 0 aromatic carbocycles. The zero-order valence-electron chi connectivity index (χ0n) is 9.34. The van der Waals surface area contributed by atoms with Crippen molar-refractivity contribution in [3.63, 3.8) is 0 Å². The number of hydrogen-bond donors (Lipinski definition) is 0. The first-order chi connectivity index (χ1) is 7.67. The van der Waals surface area contributed by atoms with Crippen molar-refractivity contribution in [2.45, 2.75) is 19.6 Å². The minimum atomic E-state index is -0.390. The Bertz CT molecular complexity index is 372. The summed E-state index contributed by atoms with van der Waals surface area (Å²) in [6, 6.07) is 1.98. The van der Waals surface area contributed by atoms with Crippen LogP contribution in [0.25, 0.3) is 0 Å². The molecule has 1 fully saturated rings. The number of likely N-dealkylation sites (tertiary alicyclic amines) is 1. The molecule has 2 heterocycles. The van der Waals surface area contributed by atoms with Gasteiger partial charge >= 0.3 is 6.09 Å². The maximum Gasteiger partial charge on any atom is 0.412 e. The number of fused-ring (bicyclic) bond motifs is 1. The highest BCUT2D eigenvalue weighted by Crippen LogP contribution is 2.37. The molecule has 1 saturated heterocycles. The number of amides is 1. The van der Waals surface area contributed by atoms with Crippen LogP contribution in [0.5, 0.6) is 0 Å². The number of carbonyl (C=O) groups excluding carboxylic acids is 1. The molecule has 1 amide bonds. The van der Waals surface area contributed by atoms with Gasteiger partial charge in [0.2, 0.25) is 0 Å². The number of ether oxygens (including phenoxy) is 2. The summed E-state index contributed by atoms with van der Waals surface area (Å²) >= 11 is 0. The van der Waals surface area contributed by atoms with E-state index in [0.29, 0.717) is 12.3 Å². The van der Waals surface area contributed by atoms with Crippen LogP contribution in [0, 0.1) is 23.2 Å². The van der Waals surface area contributed by atoms with E-state index in [1.165, 1.54) is 7.11 Å². The van der Waals surface area contributed by atoms with Crippen LogP contribution in [0.15, 0.2) is 11.8 Å². The standard InChI is InChI=1S/C11H14N2O3/c1-7-5-8(6-12)16-10-9(7)3-4-13(10)11(14)15-2/h5,7,9-10H,3-4H2,1-2H3/t7-,9-,10+/m1/s1. The molecule has 0 unspecified atom stereocenters. The summed E-state index contributed by atoms with van der Waals surface area (Å²) in [6.45, 7) is 2.66. The maximum absolute atomic E-state index is 11.5. The van der Waals surface area contributed by atoms with Gasteiger partial charge in [0.25, 0.3) is 0 Å². The van der Waals surface area contributed by atoms with Crippen molar-refractivity contribution in [1.29, 1.82) is 5.26 Å². The lowest BCUT2D eigenvalue weighted by Gasteiger charge is -2.32. The number of rotatable bonds is 0. The van der Waals surface area contributed by atoms with Gasteiger partial charge in [0.1, 0.15) is 6.07 Å². The summed E-state index contributed by atoms with van der Waals surface area (Å²) in [5.41, 5.74) is 0. The van der Waals surface area contributed by atoms with Crippen LogP contribution in [0.4, 0.5) is 4.79 Å². The molecule has 0 radical (unpaired) electrons. The second kappa shape index (κ2) is 4.05. The molecule has 2 rings (SSSR count). The number of carbonyl (C=O) groups is 1. The van der Waals surface area contributed by atoms with Crippen molar-refractivity contribution in [1.82, 2.24) is 4.90 Å². The van der Waals surface area contributed by atoms with Gasteiger partial charge in [-0.2, -0.15) is 5.26 Å². The smallest absolute Gasteiger partial charge is 0.412 e. The van der Waals surface area contributed by atoms with Crippen LogP contribution >= 0.6 is 0 Å². The Labute approximate surface area is 94.2 Å². The average Bonchev–Trinajstić information content (AvgIpc) is 2.72. The second-order valence-electron chi connectivity index (χ2n) is 4.13. The second-order valence-corrected chi connectivity index (χ2v) is 4.13. The van der Waals surface area contributed by atoms with E-state index < -0.39 is 0 Å². The molecule has 16 heavy (non-hydrogen) atoms. The van der Waals surface area contributed by atoms with Gasteiger partial charge in [-0.05, 0) is 18.4 Å². The van der Waals surface area contributed by atoms with E-state index >= 15 is 0 Å². The molecular formula is C11H14N2O3. The Hall–Kier alpha value is -1.70. The fraction of sp³-hybridized carbons (Fsp3) is 0.636. The predicted molar refractivity (Wildman–Crippen MR) is 55.0 cm³/mol. The van der Waals surface area contributed by atoms with E-state index in [9.17, 15) is 4.79 Å². The lowest BCUT2D eigenvalue weighted by atomic mass is 9.89. The zero-order valence-corrected chi connectivity index (χ0v) is 9.34. The normalized spacial score (nSPS) is 32.2. The van der Waals surface area contributed by atoms with Gasteiger partial charge in [-0.1, -0.05) is 6.92 Å². The largest absolute Gasteiger partial charge is 0.460 e. The van der Waals surface area contributed by atoms with E-state index in [4.69, 9.17) is 14.7 Å². The first-order valence-corrected chi connectivity index (χ1v) is 5.30. The van der Waals surface area contributed by atoms with Crippen LogP contribution in [0.2, 0.25) is 0 Å². The molecule has 0 aromatic rings. The van der Waals surface area contributed by atoms with Gasteiger partial charge in [-0.15, -0.1) is 0 Å². The summed E-state index contributed by atoms with van der Waals surface area (Å²) in [4.78, 5) is 13.0. The number of allylic oxidation sites excluding steroid dienone is 2. The molecule has 5 heteroatoms. The molecular weight excluding hydrogens is 208 g/mol. The number of nitriles is 1. The monoisotopic (exact) mass is 222 g/mol. The van der Waals surface area contributed by atoms with Crippen LogP contribution in [0.3, 0.4) is 0 Å². The Balaban J connectivity index is 2.20. The van der Waals surface area contributed by atoms with Gasteiger partial charge < -0.3 is 9.47 Å². The van der Waals surface area contributed by atoms with Crippen molar-refractivity contribution >= 4 is 6.09 Å². The van der Waals surface area contributed by atoms with Crippen LogP contribution in [0.1, 0.15) is 13.3 Å². The quantitative estimate of drug-likeness (QED) is 0.622. The average molecular weight is 222 g/mol. The molecule has 5 nitrogen and oxygen atoms in total. The minimum absolute atomic E-state index is 0.253. The summed E-state index contributed by atoms with van der Waals surface area (Å²) in [5.74, 6) is 0.809. The van der Waals surface area contributed by atoms with Gasteiger partial charge in [0.05, 0.1) is 7.11 Å². The number of methoxy groups -OCH3 is 1. The topological polar surface area (TPSA) is 62.6 Å². The van der Waals surface area contributed by atoms with Crippen molar-refractivity contribution < 1.29 is 14.3 Å². The Morgan fingerprint density at radius 2 is 2.50 bits per heavy atom. The summed E-state index contributed by atoms with van der Waals surface area (Å²) < 4.78 is 10.2. The third-order valence-electron chi connectivity index (χ3n) is 3.23. The lowest BCUT2D eigenvalue weighted by molar-refractivity contribution is -0.0301. The predicted octanol–water partition coefficient (Wildman–Crippen LogP) is 1.47. The van der Waals surface area contributed by atoms with Crippen molar-refractivity contribution in [2.75, 3.05) is 13.7 Å². The Morgan fingerprint density at radius 1 is 1.75 bits per heavy atom. The highest BCUT2D eigenvalue weighted by Gasteiger charge is 2.44. The van der Waals surface area contributed by atoms with Crippen LogP contribution < -0.4 is 0 Å². The molecule has 0 aliphatic carbocycles. The number of hydrogen-bond acceptors (Lipinski definition) is 4. The van der Waals surface area contributed by atoms with E-state index in [2.05, 4.69) is 0 Å². The molecule has 0 N–H and O–H groups in total. The van der Waals surface area contributed by atoms with E-state index in [1.807, 2.05) is 19.1 Å². The van der Waals surface area contributed by atoms with Crippen molar-refractivity contribution in [3.05, 3.63) is 11.8 Å². The molecule has 0 aromatic heterocycles. The Morgan fingerprint density at radius 3 is 3.12 bits per heavy atom. The first kappa shape index (κ1) is 10.8.